The zero-order valence-electron chi connectivity index (χ0n) is 11.0. The fourth-order valence-corrected chi connectivity index (χ4v) is 3.85. The van der Waals surface area contributed by atoms with E-state index >= 15 is 0 Å². The molecule has 0 radical (unpaired) electrons. The number of nitrogens with zero attached hydrogens (tertiary/aromatic N) is 2. The van der Waals surface area contributed by atoms with Crippen LogP contribution in [0.15, 0.2) is 29.4 Å². The van der Waals surface area contributed by atoms with Crippen LogP contribution in [-0.2, 0) is 14.8 Å². The Kier molecular flexibility index (Phi) is 3.36. The molecule has 0 amide bonds. The molecule has 2 aromatic rings. The first-order valence-electron chi connectivity index (χ1n) is 6.37. The second kappa shape index (κ2) is 5.04. The zero-order chi connectivity index (χ0) is 14.2. The Morgan fingerprint density at radius 2 is 2.30 bits per heavy atom. The van der Waals surface area contributed by atoms with Crippen molar-refractivity contribution in [3.63, 3.8) is 0 Å². The van der Waals surface area contributed by atoms with Crippen LogP contribution in [-0.4, -0.2) is 44.1 Å². The SMILES string of the molecule is CNc1nc2ccccn2c1S(=O)(=O)NC1CCOC1. The number of aromatic nitrogens is 2. The minimum absolute atomic E-state index is 0.127. The maximum absolute atomic E-state index is 12.6. The third kappa shape index (κ3) is 2.26. The molecule has 108 valence electrons. The molecule has 3 rings (SSSR count). The average molecular weight is 296 g/mol. The number of hydrogen-bond donors (Lipinski definition) is 2. The second-order valence-corrected chi connectivity index (χ2v) is 6.26. The number of hydrogen-bond acceptors (Lipinski definition) is 5. The number of pyridine rings is 1. The van der Waals surface area contributed by atoms with Gasteiger partial charge >= 0.3 is 0 Å². The van der Waals surface area contributed by atoms with Crippen LogP contribution in [0.4, 0.5) is 5.82 Å². The van der Waals surface area contributed by atoms with Gasteiger partial charge in [0, 0.05) is 25.9 Å². The Morgan fingerprint density at radius 3 is 3.00 bits per heavy atom. The molecule has 8 heteroatoms. The van der Waals surface area contributed by atoms with Crippen molar-refractivity contribution in [2.24, 2.45) is 0 Å². The van der Waals surface area contributed by atoms with Crippen LogP contribution in [0, 0.1) is 0 Å². The van der Waals surface area contributed by atoms with E-state index in [-0.39, 0.29) is 11.1 Å². The van der Waals surface area contributed by atoms with Crippen molar-refractivity contribution in [1.29, 1.82) is 0 Å². The van der Waals surface area contributed by atoms with Gasteiger partial charge in [-0.15, -0.1) is 0 Å². The smallest absolute Gasteiger partial charge is 0.260 e. The van der Waals surface area contributed by atoms with E-state index in [4.69, 9.17) is 4.74 Å². The predicted octanol–water partition coefficient (Wildman–Crippen LogP) is 0.443. The van der Waals surface area contributed by atoms with Gasteiger partial charge in [-0.2, -0.15) is 0 Å². The Morgan fingerprint density at radius 1 is 1.45 bits per heavy atom. The van der Waals surface area contributed by atoms with E-state index in [0.717, 1.165) is 0 Å². The van der Waals surface area contributed by atoms with Gasteiger partial charge in [-0.3, -0.25) is 4.40 Å². The molecule has 0 bridgehead atoms. The summed E-state index contributed by atoms with van der Waals surface area (Å²) in [6.07, 6.45) is 2.37. The fourth-order valence-electron chi connectivity index (χ4n) is 2.30. The fraction of sp³-hybridized carbons (Fsp3) is 0.417. The molecule has 0 saturated carbocycles. The van der Waals surface area contributed by atoms with Gasteiger partial charge in [-0.05, 0) is 18.6 Å². The Hall–Kier alpha value is -1.64. The average Bonchev–Trinajstić information content (AvgIpc) is 3.04. The van der Waals surface area contributed by atoms with Crippen molar-refractivity contribution in [2.75, 3.05) is 25.6 Å². The summed E-state index contributed by atoms with van der Waals surface area (Å²) in [6.45, 7) is 0.990. The van der Waals surface area contributed by atoms with E-state index in [1.807, 2.05) is 6.07 Å². The lowest BCUT2D eigenvalue weighted by Crippen LogP contribution is -2.35. The quantitative estimate of drug-likeness (QED) is 0.855. The first kappa shape index (κ1) is 13.3. The molecule has 2 N–H and O–H groups in total. The lowest BCUT2D eigenvalue weighted by Gasteiger charge is -2.12. The Labute approximate surface area is 117 Å². The highest BCUT2D eigenvalue weighted by atomic mass is 32.2. The molecule has 7 nitrogen and oxygen atoms in total. The second-order valence-electron chi connectivity index (χ2n) is 4.63. The third-order valence-electron chi connectivity index (χ3n) is 3.23. The summed E-state index contributed by atoms with van der Waals surface area (Å²) in [7, 11) is -2.01. The largest absolute Gasteiger partial charge is 0.380 e. The topological polar surface area (TPSA) is 84.7 Å². The number of anilines is 1. The van der Waals surface area contributed by atoms with Crippen molar-refractivity contribution in [2.45, 2.75) is 17.5 Å². The molecule has 0 spiro atoms. The lowest BCUT2D eigenvalue weighted by atomic mass is 10.3. The minimum Gasteiger partial charge on any atom is -0.380 e. The molecule has 3 heterocycles. The highest BCUT2D eigenvalue weighted by Crippen LogP contribution is 2.23. The van der Waals surface area contributed by atoms with Crippen molar-refractivity contribution in [3.8, 4) is 0 Å². The summed E-state index contributed by atoms with van der Waals surface area (Å²) in [5.41, 5.74) is 0.583. The molecule has 1 aliphatic rings. The molecule has 1 saturated heterocycles. The molecule has 0 aromatic carbocycles. The summed E-state index contributed by atoms with van der Waals surface area (Å²) in [6, 6.07) is 5.17. The monoisotopic (exact) mass is 296 g/mol. The van der Waals surface area contributed by atoms with Crippen LogP contribution in [0.25, 0.3) is 5.65 Å². The standard InChI is InChI=1S/C12H16N4O3S/c1-13-11-12(16-6-3-2-4-10(16)14-11)20(17,18)15-9-5-7-19-8-9/h2-4,6,9,13,15H,5,7-8H2,1H3. The van der Waals surface area contributed by atoms with E-state index in [0.29, 0.717) is 31.1 Å². The highest BCUT2D eigenvalue weighted by molar-refractivity contribution is 7.89. The van der Waals surface area contributed by atoms with Crippen LogP contribution >= 0.6 is 0 Å². The number of rotatable bonds is 4. The summed E-state index contributed by atoms with van der Waals surface area (Å²) in [5.74, 6) is 0.336. The first-order chi connectivity index (χ1) is 9.62. The van der Waals surface area contributed by atoms with E-state index in [1.165, 1.54) is 0 Å². The van der Waals surface area contributed by atoms with Gasteiger partial charge in [0.05, 0.1) is 6.61 Å². The number of ether oxygens (including phenoxy) is 1. The third-order valence-corrected chi connectivity index (χ3v) is 4.77. The molecule has 2 aromatic heterocycles. The van der Waals surface area contributed by atoms with E-state index < -0.39 is 10.0 Å². The molecule has 1 aliphatic heterocycles. The zero-order valence-corrected chi connectivity index (χ0v) is 11.9. The predicted molar refractivity (Wildman–Crippen MR) is 74.3 cm³/mol. The number of fused-ring (bicyclic) bond motifs is 1. The van der Waals surface area contributed by atoms with Gasteiger partial charge in [0.25, 0.3) is 10.0 Å². The van der Waals surface area contributed by atoms with Crippen molar-refractivity contribution in [1.82, 2.24) is 14.1 Å². The van der Waals surface area contributed by atoms with Crippen LogP contribution in [0.5, 0.6) is 0 Å². The van der Waals surface area contributed by atoms with Crippen LogP contribution < -0.4 is 10.0 Å². The molecule has 0 aliphatic carbocycles. The van der Waals surface area contributed by atoms with E-state index in [2.05, 4.69) is 15.0 Å². The number of sulfonamides is 1. The van der Waals surface area contributed by atoms with Gasteiger partial charge < -0.3 is 10.1 Å². The van der Waals surface area contributed by atoms with Gasteiger partial charge in [0.2, 0.25) is 0 Å². The van der Waals surface area contributed by atoms with Crippen molar-refractivity contribution in [3.05, 3.63) is 24.4 Å². The molecule has 1 fully saturated rings. The van der Waals surface area contributed by atoms with Crippen LogP contribution in [0.2, 0.25) is 0 Å². The molecule has 20 heavy (non-hydrogen) atoms. The van der Waals surface area contributed by atoms with Gasteiger partial charge in [0.1, 0.15) is 5.65 Å². The maximum atomic E-state index is 12.6. The normalized spacial score (nSPS) is 19.6. The summed E-state index contributed by atoms with van der Waals surface area (Å²) < 4.78 is 34.6. The van der Waals surface area contributed by atoms with Crippen LogP contribution in [0.3, 0.4) is 0 Å². The van der Waals surface area contributed by atoms with Crippen molar-refractivity contribution >= 4 is 21.5 Å². The van der Waals surface area contributed by atoms with Gasteiger partial charge in [0.15, 0.2) is 10.8 Å². The van der Waals surface area contributed by atoms with Crippen LogP contribution in [0.1, 0.15) is 6.42 Å². The first-order valence-corrected chi connectivity index (χ1v) is 7.85. The molecular weight excluding hydrogens is 280 g/mol. The maximum Gasteiger partial charge on any atom is 0.260 e. The molecule has 1 atom stereocenters. The molecule has 1 unspecified atom stereocenters. The minimum atomic E-state index is -3.66. The lowest BCUT2D eigenvalue weighted by molar-refractivity contribution is 0.192. The van der Waals surface area contributed by atoms with Gasteiger partial charge in [-0.25, -0.2) is 18.1 Å². The van der Waals surface area contributed by atoms with Gasteiger partial charge in [-0.1, -0.05) is 6.07 Å². The van der Waals surface area contributed by atoms with E-state index in [1.54, 1.807) is 29.8 Å². The molecular formula is C12H16N4O3S. The van der Waals surface area contributed by atoms with Crippen molar-refractivity contribution < 1.29 is 13.2 Å². The van der Waals surface area contributed by atoms with E-state index in [9.17, 15) is 8.42 Å². The Bertz CT molecular complexity index is 719. The number of imidazole rings is 1. The summed E-state index contributed by atoms with van der Waals surface area (Å²) >= 11 is 0. The highest BCUT2D eigenvalue weighted by Gasteiger charge is 2.29. The Balaban J connectivity index is 2.07. The summed E-state index contributed by atoms with van der Waals surface area (Å²) in [5, 5.41) is 2.96. The summed E-state index contributed by atoms with van der Waals surface area (Å²) in [4.78, 5) is 4.27. The number of nitrogens with one attached hydrogen (secondary N) is 2.